The number of anilines is 1. The molecule has 0 spiro atoms. The zero-order chi connectivity index (χ0) is 32.3. The van der Waals surface area contributed by atoms with Gasteiger partial charge < -0.3 is 14.4 Å². The number of halogens is 1. The Kier molecular flexibility index (Phi) is 6.77. The Balaban J connectivity index is 1.27. The standard InChI is InChI=1S/C44H36FNO2/c1-43(29-30-9-3-2-4-10-30)39-14-8-7-13-37(39)40-35-11-5-6-12-36(35)42-38(41(40)43)23-24-44(48-42,31-15-19-33(45)20-16-31)32-17-21-34(22-18-32)46-25-27-47-28-26-46/h2-24H,25-29H2,1H3. The van der Waals surface area contributed by atoms with Crippen LogP contribution in [0.5, 0.6) is 5.75 Å². The molecule has 9 rings (SSSR count). The number of hydrogen-bond donors (Lipinski definition) is 0. The van der Waals surface area contributed by atoms with E-state index in [1.165, 1.54) is 45.3 Å². The normalized spacial score (nSPS) is 21.0. The molecule has 2 atom stereocenters. The number of nitrogens with zero attached hydrogens (tertiary/aromatic N) is 1. The fraction of sp³-hybridized carbons (Fsp3) is 0.182. The highest BCUT2D eigenvalue weighted by molar-refractivity contribution is 6.08. The molecule has 0 aromatic heterocycles. The van der Waals surface area contributed by atoms with Crippen LogP contribution >= 0.6 is 0 Å². The maximum atomic E-state index is 14.4. The second kappa shape index (κ2) is 11.2. The van der Waals surface area contributed by atoms with Crippen molar-refractivity contribution in [3.05, 3.63) is 173 Å². The lowest BCUT2D eigenvalue weighted by Crippen LogP contribution is -2.37. The molecule has 3 aliphatic rings. The molecule has 2 heterocycles. The molecule has 236 valence electrons. The van der Waals surface area contributed by atoms with Crippen LogP contribution in [-0.4, -0.2) is 26.3 Å². The number of morpholine rings is 1. The monoisotopic (exact) mass is 629 g/mol. The van der Waals surface area contributed by atoms with Gasteiger partial charge in [0.25, 0.3) is 0 Å². The molecule has 1 aliphatic carbocycles. The van der Waals surface area contributed by atoms with E-state index in [-0.39, 0.29) is 11.2 Å². The van der Waals surface area contributed by atoms with Crippen LogP contribution in [-0.2, 0) is 22.2 Å². The van der Waals surface area contributed by atoms with E-state index in [0.29, 0.717) is 0 Å². The second-order valence-electron chi connectivity index (χ2n) is 13.4. The first kappa shape index (κ1) is 29.0. The van der Waals surface area contributed by atoms with Crippen LogP contribution < -0.4 is 9.64 Å². The Hall–Kier alpha value is -5.19. The van der Waals surface area contributed by atoms with Gasteiger partial charge in [0.2, 0.25) is 0 Å². The summed E-state index contributed by atoms with van der Waals surface area (Å²) < 4.78 is 27.4. The van der Waals surface area contributed by atoms with Crippen molar-refractivity contribution in [1.82, 2.24) is 0 Å². The number of fused-ring (bicyclic) bond motifs is 8. The molecule has 0 saturated carbocycles. The van der Waals surface area contributed by atoms with Crippen LogP contribution in [0.1, 0.15) is 40.3 Å². The largest absolute Gasteiger partial charge is 0.472 e. The Morgan fingerprint density at radius 3 is 2.10 bits per heavy atom. The van der Waals surface area contributed by atoms with E-state index in [0.717, 1.165) is 66.2 Å². The van der Waals surface area contributed by atoms with E-state index in [1.54, 1.807) is 0 Å². The number of benzene rings is 6. The molecule has 2 aliphatic heterocycles. The van der Waals surface area contributed by atoms with Crippen molar-refractivity contribution in [2.45, 2.75) is 24.4 Å². The van der Waals surface area contributed by atoms with Crippen LogP contribution in [0.2, 0.25) is 0 Å². The van der Waals surface area contributed by atoms with Gasteiger partial charge in [0.1, 0.15) is 11.6 Å². The van der Waals surface area contributed by atoms with Gasteiger partial charge in [-0.3, -0.25) is 0 Å². The third-order valence-electron chi connectivity index (χ3n) is 10.6. The van der Waals surface area contributed by atoms with Crippen molar-refractivity contribution in [2.24, 2.45) is 0 Å². The molecule has 0 N–H and O–H groups in total. The van der Waals surface area contributed by atoms with Crippen molar-refractivity contribution in [1.29, 1.82) is 0 Å². The van der Waals surface area contributed by atoms with Gasteiger partial charge in [0.15, 0.2) is 5.60 Å². The van der Waals surface area contributed by atoms with Gasteiger partial charge in [-0.1, -0.05) is 116 Å². The molecule has 6 aromatic carbocycles. The summed E-state index contributed by atoms with van der Waals surface area (Å²) in [6.07, 6.45) is 5.33. The average Bonchev–Trinajstić information content (AvgIpc) is 3.41. The van der Waals surface area contributed by atoms with Crippen LogP contribution in [0.15, 0.2) is 133 Å². The van der Waals surface area contributed by atoms with E-state index < -0.39 is 5.60 Å². The zero-order valence-electron chi connectivity index (χ0n) is 27.0. The predicted molar refractivity (Wildman–Crippen MR) is 192 cm³/mol. The molecular weight excluding hydrogens is 593 g/mol. The maximum Gasteiger partial charge on any atom is 0.178 e. The third kappa shape index (κ3) is 4.43. The highest BCUT2D eigenvalue weighted by atomic mass is 19.1. The minimum atomic E-state index is -0.956. The first-order chi connectivity index (χ1) is 23.5. The summed E-state index contributed by atoms with van der Waals surface area (Å²) in [6, 6.07) is 43.7. The van der Waals surface area contributed by atoms with Gasteiger partial charge in [0.05, 0.1) is 13.2 Å². The summed E-state index contributed by atoms with van der Waals surface area (Å²) in [6.45, 7) is 5.59. The molecule has 0 radical (unpaired) electrons. The number of rotatable bonds is 5. The summed E-state index contributed by atoms with van der Waals surface area (Å²) in [7, 11) is 0. The van der Waals surface area contributed by atoms with Crippen LogP contribution in [0, 0.1) is 5.82 Å². The molecular formula is C44H36FNO2. The quantitative estimate of drug-likeness (QED) is 0.190. The number of hydrogen-bond acceptors (Lipinski definition) is 3. The first-order valence-corrected chi connectivity index (χ1v) is 16.9. The van der Waals surface area contributed by atoms with E-state index in [2.05, 4.69) is 127 Å². The van der Waals surface area contributed by atoms with E-state index >= 15 is 0 Å². The Morgan fingerprint density at radius 2 is 1.35 bits per heavy atom. The molecule has 6 aromatic rings. The third-order valence-corrected chi connectivity index (χ3v) is 10.6. The summed E-state index contributed by atoms with van der Waals surface area (Å²) in [5, 5.41) is 2.26. The van der Waals surface area contributed by atoms with Crippen molar-refractivity contribution in [3.63, 3.8) is 0 Å². The van der Waals surface area contributed by atoms with Crippen LogP contribution in [0.4, 0.5) is 10.1 Å². The summed E-state index contributed by atoms with van der Waals surface area (Å²) >= 11 is 0. The minimum absolute atomic E-state index is 0.269. The molecule has 1 saturated heterocycles. The fourth-order valence-corrected chi connectivity index (χ4v) is 8.37. The van der Waals surface area contributed by atoms with Gasteiger partial charge in [-0.25, -0.2) is 4.39 Å². The SMILES string of the molecule is CC1(Cc2ccccc2)c2ccccc2-c2c1c1c(c3ccccc23)OC(c2ccc(F)cc2)(c2ccc(N3CCOCC3)cc2)C=C1. The highest BCUT2D eigenvalue weighted by Gasteiger charge is 2.46. The Morgan fingerprint density at radius 1 is 0.708 bits per heavy atom. The number of ether oxygens (including phenoxy) is 2. The van der Waals surface area contributed by atoms with E-state index in [1.807, 2.05) is 12.1 Å². The molecule has 3 nitrogen and oxygen atoms in total. The fourth-order valence-electron chi connectivity index (χ4n) is 8.37. The van der Waals surface area contributed by atoms with Gasteiger partial charge in [0, 0.05) is 46.3 Å². The summed E-state index contributed by atoms with van der Waals surface area (Å²) in [5.74, 6) is 0.593. The predicted octanol–water partition coefficient (Wildman–Crippen LogP) is 9.69. The molecule has 1 fully saturated rings. The van der Waals surface area contributed by atoms with E-state index in [9.17, 15) is 4.39 Å². The second-order valence-corrected chi connectivity index (χ2v) is 13.4. The smallest absolute Gasteiger partial charge is 0.178 e. The Bertz CT molecular complexity index is 2190. The van der Waals surface area contributed by atoms with Gasteiger partial charge in [-0.15, -0.1) is 0 Å². The van der Waals surface area contributed by atoms with Crippen molar-refractivity contribution >= 4 is 22.5 Å². The Labute approximate surface area is 280 Å². The van der Waals surface area contributed by atoms with Crippen molar-refractivity contribution in [2.75, 3.05) is 31.2 Å². The molecule has 0 bridgehead atoms. The molecule has 2 unspecified atom stereocenters. The van der Waals surface area contributed by atoms with Gasteiger partial charge >= 0.3 is 0 Å². The highest BCUT2D eigenvalue weighted by Crippen LogP contribution is 2.59. The lowest BCUT2D eigenvalue weighted by atomic mass is 9.72. The van der Waals surface area contributed by atoms with Crippen LogP contribution in [0.25, 0.3) is 28.0 Å². The van der Waals surface area contributed by atoms with Crippen molar-refractivity contribution in [3.8, 4) is 16.9 Å². The first-order valence-electron chi connectivity index (χ1n) is 16.9. The van der Waals surface area contributed by atoms with E-state index in [4.69, 9.17) is 9.47 Å². The molecule has 4 heteroatoms. The maximum absolute atomic E-state index is 14.4. The average molecular weight is 630 g/mol. The molecule has 0 amide bonds. The summed E-state index contributed by atoms with van der Waals surface area (Å²) in [4.78, 5) is 2.35. The zero-order valence-corrected chi connectivity index (χ0v) is 27.0. The topological polar surface area (TPSA) is 21.7 Å². The van der Waals surface area contributed by atoms with Gasteiger partial charge in [-0.05, 0) is 70.0 Å². The lowest BCUT2D eigenvalue weighted by molar-refractivity contribution is 0.122. The summed E-state index contributed by atoms with van der Waals surface area (Å²) in [5.41, 5.74) is 9.41. The van der Waals surface area contributed by atoms with Crippen LogP contribution in [0.3, 0.4) is 0 Å². The van der Waals surface area contributed by atoms with Crippen molar-refractivity contribution < 1.29 is 13.9 Å². The lowest BCUT2D eigenvalue weighted by Gasteiger charge is -2.39. The minimum Gasteiger partial charge on any atom is -0.472 e. The van der Waals surface area contributed by atoms with Gasteiger partial charge in [-0.2, -0.15) is 0 Å². The molecule has 48 heavy (non-hydrogen) atoms.